The van der Waals surface area contributed by atoms with E-state index in [9.17, 15) is 0 Å². The Bertz CT molecular complexity index is 284. The van der Waals surface area contributed by atoms with Crippen LogP contribution in [0.2, 0.25) is 0 Å². The van der Waals surface area contributed by atoms with E-state index in [1.165, 1.54) is 19.3 Å². The first-order valence-corrected chi connectivity index (χ1v) is 7.25. The van der Waals surface area contributed by atoms with E-state index in [-0.39, 0.29) is 0 Å². The standard InChI is InChI=1S/C17H31N/c1-7-15(3)9-12-17(5,6)13-10-16(4)11-14-18-8-2/h8-9,11-12,14-16H,7,10,13H2,1-6H3/b12-9-,14-11-,18-8?/t15-,16?/m1/s1. The summed E-state index contributed by atoms with van der Waals surface area (Å²) in [5.41, 5.74) is 0.305. The minimum atomic E-state index is 0.305. The monoisotopic (exact) mass is 249 g/mol. The number of hydrogen-bond acceptors (Lipinski definition) is 1. The zero-order valence-electron chi connectivity index (χ0n) is 13.1. The van der Waals surface area contributed by atoms with Crippen molar-refractivity contribution in [1.29, 1.82) is 0 Å². The molecule has 2 atom stereocenters. The zero-order chi connectivity index (χ0) is 14.0. The van der Waals surface area contributed by atoms with E-state index in [1.54, 1.807) is 0 Å². The molecule has 0 rings (SSSR count). The second kappa shape index (κ2) is 9.13. The molecule has 0 heterocycles. The summed E-state index contributed by atoms with van der Waals surface area (Å²) < 4.78 is 0. The van der Waals surface area contributed by atoms with Crippen molar-refractivity contribution in [3.8, 4) is 0 Å². The normalized spacial score (nSPS) is 17.0. The maximum Gasteiger partial charge on any atom is 0.0226 e. The van der Waals surface area contributed by atoms with Gasteiger partial charge in [-0.25, -0.2) is 0 Å². The summed E-state index contributed by atoms with van der Waals surface area (Å²) >= 11 is 0. The van der Waals surface area contributed by atoms with E-state index >= 15 is 0 Å². The van der Waals surface area contributed by atoms with Crippen molar-refractivity contribution in [1.82, 2.24) is 0 Å². The van der Waals surface area contributed by atoms with Gasteiger partial charge in [0.15, 0.2) is 0 Å². The number of rotatable bonds is 8. The van der Waals surface area contributed by atoms with Crippen molar-refractivity contribution in [3.63, 3.8) is 0 Å². The smallest absolute Gasteiger partial charge is 0.0226 e. The lowest BCUT2D eigenvalue weighted by Crippen LogP contribution is -2.09. The Hall–Kier alpha value is -0.850. The van der Waals surface area contributed by atoms with Gasteiger partial charge >= 0.3 is 0 Å². The minimum Gasteiger partial charge on any atom is -0.270 e. The number of nitrogens with zero attached hydrogens (tertiary/aromatic N) is 1. The molecule has 1 unspecified atom stereocenters. The SMILES string of the molecule is CC=N/C=C\C(C)CCC(C)(C)/C=C\[C@H](C)CC. The molecule has 1 heteroatoms. The lowest BCUT2D eigenvalue weighted by Gasteiger charge is -2.22. The molecule has 0 spiro atoms. The third-order valence-corrected chi connectivity index (χ3v) is 3.41. The maximum absolute atomic E-state index is 4.11. The summed E-state index contributed by atoms with van der Waals surface area (Å²) in [6, 6.07) is 0. The van der Waals surface area contributed by atoms with Gasteiger partial charge in [-0.15, -0.1) is 0 Å². The molecule has 104 valence electrons. The molecule has 0 amide bonds. The van der Waals surface area contributed by atoms with Crippen molar-refractivity contribution in [2.24, 2.45) is 22.2 Å². The van der Waals surface area contributed by atoms with Crippen LogP contribution in [0.5, 0.6) is 0 Å². The molecule has 0 N–H and O–H groups in total. The molecule has 18 heavy (non-hydrogen) atoms. The molecule has 0 radical (unpaired) electrons. The summed E-state index contributed by atoms with van der Waals surface area (Å²) in [6.45, 7) is 13.4. The van der Waals surface area contributed by atoms with Crippen molar-refractivity contribution in [3.05, 3.63) is 24.4 Å². The Morgan fingerprint density at radius 2 is 1.78 bits per heavy atom. The van der Waals surface area contributed by atoms with Gasteiger partial charge in [0, 0.05) is 12.4 Å². The molecule has 0 aliphatic heterocycles. The molecule has 1 nitrogen and oxygen atoms in total. The van der Waals surface area contributed by atoms with Gasteiger partial charge in [-0.05, 0) is 37.0 Å². The molecule has 0 saturated carbocycles. The van der Waals surface area contributed by atoms with Gasteiger partial charge in [0.05, 0.1) is 0 Å². The van der Waals surface area contributed by atoms with Gasteiger partial charge in [-0.3, -0.25) is 4.99 Å². The average Bonchev–Trinajstić information content (AvgIpc) is 2.34. The summed E-state index contributed by atoms with van der Waals surface area (Å²) in [6.07, 6.45) is 14.3. The van der Waals surface area contributed by atoms with Gasteiger partial charge in [0.25, 0.3) is 0 Å². The van der Waals surface area contributed by atoms with Crippen LogP contribution in [0.4, 0.5) is 0 Å². The molecule has 0 saturated heterocycles. The van der Waals surface area contributed by atoms with Crippen LogP contribution in [-0.2, 0) is 0 Å². The Morgan fingerprint density at radius 3 is 2.33 bits per heavy atom. The third-order valence-electron chi connectivity index (χ3n) is 3.41. The number of hydrogen-bond donors (Lipinski definition) is 0. The zero-order valence-corrected chi connectivity index (χ0v) is 13.1. The molecule has 0 aromatic carbocycles. The van der Waals surface area contributed by atoms with E-state index in [0.717, 1.165) is 0 Å². The van der Waals surface area contributed by atoms with E-state index in [1.807, 2.05) is 19.3 Å². The fourth-order valence-corrected chi connectivity index (χ4v) is 1.62. The predicted molar refractivity (Wildman–Crippen MR) is 84.1 cm³/mol. The molecule has 0 fully saturated rings. The lowest BCUT2D eigenvalue weighted by atomic mass is 9.84. The molecule has 0 aliphatic rings. The Morgan fingerprint density at radius 1 is 1.11 bits per heavy atom. The van der Waals surface area contributed by atoms with E-state index in [0.29, 0.717) is 17.3 Å². The van der Waals surface area contributed by atoms with Crippen LogP contribution in [0.25, 0.3) is 0 Å². The van der Waals surface area contributed by atoms with E-state index < -0.39 is 0 Å². The fourth-order valence-electron chi connectivity index (χ4n) is 1.62. The lowest BCUT2D eigenvalue weighted by molar-refractivity contribution is 0.393. The highest BCUT2D eigenvalue weighted by Crippen LogP contribution is 2.27. The molecule has 0 bridgehead atoms. The Kier molecular flexibility index (Phi) is 8.70. The summed E-state index contributed by atoms with van der Waals surface area (Å²) in [5, 5.41) is 0. The Balaban J connectivity index is 4.13. The summed E-state index contributed by atoms with van der Waals surface area (Å²) in [7, 11) is 0. The van der Waals surface area contributed by atoms with Gasteiger partial charge in [-0.1, -0.05) is 59.3 Å². The number of aliphatic imine (C=N–C) groups is 1. The van der Waals surface area contributed by atoms with E-state index in [2.05, 4.69) is 57.8 Å². The van der Waals surface area contributed by atoms with Crippen molar-refractivity contribution in [2.75, 3.05) is 0 Å². The van der Waals surface area contributed by atoms with Crippen LogP contribution < -0.4 is 0 Å². The third kappa shape index (κ3) is 9.21. The summed E-state index contributed by atoms with van der Waals surface area (Å²) in [5.74, 6) is 1.30. The second-order valence-corrected chi connectivity index (χ2v) is 6.00. The van der Waals surface area contributed by atoms with Crippen LogP contribution in [0.15, 0.2) is 29.4 Å². The predicted octanol–water partition coefficient (Wildman–Crippen LogP) is 5.64. The minimum absolute atomic E-state index is 0.305. The van der Waals surface area contributed by atoms with Gasteiger partial charge < -0.3 is 0 Å². The van der Waals surface area contributed by atoms with Crippen LogP contribution in [0, 0.1) is 17.3 Å². The summed E-state index contributed by atoms with van der Waals surface area (Å²) in [4.78, 5) is 4.11. The number of allylic oxidation sites excluding steroid dienone is 3. The van der Waals surface area contributed by atoms with Crippen molar-refractivity contribution in [2.45, 2.75) is 60.8 Å². The topological polar surface area (TPSA) is 12.4 Å². The molecular formula is C17H31N. The van der Waals surface area contributed by atoms with Crippen LogP contribution in [-0.4, -0.2) is 6.21 Å². The molecular weight excluding hydrogens is 218 g/mol. The largest absolute Gasteiger partial charge is 0.270 e. The van der Waals surface area contributed by atoms with Crippen LogP contribution in [0.1, 0.15) is 60.8 Å². The Labute approximate surface area is 114 Å². The maximum atomic E-state index is 4.11. The highest BCUT2D eigenvalue weighted by molar-refractivity contribution is 5.54. The van der Waals surface area contributed by atoms with Crippen LogP contribution in [0.3, 0.4) is 0 Å². The first kappa shape index (κ1) is 17.2. The average molecular weight is 249 g/mol. The molecule has 0 aromatic heterocycles. The molecule has 0 aromatic rings. The second-order valence-electron chi connectivity index (χ2n) is 6.00. The van der Waals surface area contributed by atoms with Crippen LogP contribution >= 0.6 is 0 Å². The highest BCUT2D eigenvalue weighted by Gasteiger charge is 2.14. The van der Waals surface area contributed by atoms with Gasteiger partial charge in [0.2, 0.25) is 0 Å². The van der Waals surface area contributed by atoms with Gasteiger partial charge in [0.1, 0.15) is 0 Å². The fraction of sp³-hybridized carbons (Fsp3) is 0.706. The van der Waals surface area contributed by atoms with Crippen molar-refractivity contribution < 1.29 is 0 Å². The van der Waals surface area contributed by atoms with Crippen molar-refractivity contribution >= 4 is 6.21 Å². The first-order chi connectivity index (χ1) is 8.41. The first-order valence-electron chi connectivity index (χ1n) is 7.25. The molecule has 0 aliphatic carbocycles. The quantitative estimate of drug-likeness (QED) is 0.390. The highest BCUT2D eigenvalue weighted by atomic mass is 14.6. The van der Waals surface area contributed by atoms with Gasteiger partial charge in [-0.2, -0.15) is 0 Å². The van der Waals surface area contributed by atoms with E-state index in [4.69, 9.17) is 0 Å².